The summed E-state index contributed by atoms with van der Waals surface area (Å²) in [7, 11) is 0. The molecule has 2 saturated carbocycles. The van der Waals surface area contributed by atoms with Gasteiger partial charge in [-0.15, -0.1) is 6.58 Å². The molecule has 2 fully saturated rings. The molecule has 2 aliphatic rings. The lowest BCUT2D eigenvalue weighted by Crippen LogP contribution is -2.27. The van der Waals surface area contributed by atoms with E-state index in [1.807, 2.05) is 6.08 Å². The first-order valence-corrected chi connectivity index (χ1v) is 10.0. The summed E-state index contributed by atoms with van der Waals surface area (Å²) in [5.41, 5.74) is 0. The van der Waals surface area contributed by atoms with Crippen LogP contribution in [0, 0.1) is 23.7 Å². The fourth-order valence-electron chi connectivity index (χ4n) is 4.78. The van der Waals surface area contributed by atoms with Crippen molar-refractivity contribution in [3.05, 3.63) is 12.7 Å². The Hall–Kier alpha value is -0.300. The van der Waals surface area contributed by atoms with Gasteiger partial charge >= 0.3 is 0 Å². The highest BCUT2D eigenvalue weighted by Gasteiger charge is 2.30. The van der Waals surface area contributed by atoms with E-state index in [1.165, 1.54) is 77.0 Å². The summed E-state index contributed by atoms with van der Waals surface area (Å²) >= 11 is 0. The molecule has 0 atom stereocenters. The normalized spacial score (nSPS) is 32.8. The first kappa shape index (κ1) is 18.0. The highest BCUT2D eigenvalue weighted by Crippen LogP contribution is 2.42. The van der Waals surface area contributed by atoms with Crippen molar-refractivity contribution in [2.75, 3.05) is 13.2 Å². The standard InChI is InChI=1S/C21H38O/c1-3-5-6-7-18-8-12-20(13-9-18)21-14-10-19(11-15-21)17-22-16-4-2/h4,18-21H,2-3,5-17H2,1H3/t18?,19-,20?,21-. The van der Waals surface area contributed by atoms with E-state index in [1.54, 1.807) is 0 Å². The molecule has 0 amide bonds. The van der Waals surface area contributed by atoms with E-state index in [-0.39, 0.29) is 0 Å². The zero-order valence-corrected chi connectivity index (χ0v) is 14.9. The molecular weight excluding hydrogens is 268 g/mol. The van der Waals surface area contributed by atoms with Gasteiger partial charge in [0.05, 0.1) is 6.61 Å². The van der Waals surface area contributed by atoms with E-state index in [4.69, 9.17) is 4.74 Å². The van der Waals surface area contributed by atoms with Crippen LogP contribution in [0.5, 0.6) is 0 Å². The molecule has 2 aliphatic carbocycles. The Labute approximate surface area is 138 Å². The number of rotatable bonds is 9. The minimum atomic E-state index is 0.724. The Kier molecular flexibility index (Phi) is 8.59. The summed E-state index contributed by atoms with van der Waals surface area (Å²) in [6.07, 6.45) is 19.5. The third-order valence-corrected chi connectivity index (χ3v) is 6.25. The smallest absolute Gasteiger partial charge is 0.0644 e. The van der Waals surface area contributed by atoms with Crippen LogP contribution in [0.4, 0.5) is 0 Å². The summed E-state index contributed by atoms with van der Waals surface area (Å²) in [6, 6.07) is 0. The van der Waals surface area contributed by atoms with E-state index in [0.29, 0.717) is 0 Å². The molecule has 0 aliphatic heterocycles. The van der Waals surface area contributed by atoms with E-state index in [2.05, 4.69) is 13.5 Å². The van der Waals surface area contributed by atoms with Gasteiger partial charge in [0.15, 0.2) is 0 Å². The zero-order chi connectivity index (χ0) is 15.6. The molecule has 0 N–H and O–H groups in total. The van der Waals surface area contributed by atoms with Crippen LogP contribution in [0.15, 0.2) is 12.7 Å². The Morgan fingerprint density at radius 1 is 0.864 bits per heavy atom. The Balaban J connectivity index is 1.59. The molecular formula is C21H38O. The summed E-state index contributed by atoms with van der Waals surface area (Å²) in [5, 5.41) is 0. The summed E-state index contributed by atoms with van der Waals surface area (Å²) in [5.74, 6) is 3.97. The number of hydrogen-bond acceptors (Lipinski definition) is 1. The maximum Gasteiger partial charge on any atom is 0.0644 e. The van der Waals surface area contributed by atoms with E-state index in [0.717, 1.165) is 36.9 Å². The van der Waals surface area contributed by atoms with Gasteiger partial charge < -0.3 is 4.74 Å². The fourth-order valence-corrected chi connectivity index (χ4v) is 4.78. The average molecular weight is 307 g/mol. The van der Waals surface area contributed by atoms with Crippen molar-refractivity contribution in [3.8, 4) is 0 Å². The van der Waals surface area contributed by atoms with Crippen molar-refractivity contribution in [2.24, 2.45) is 23.7 Å². The van der Waals surface area contributed by atoms with Gasteiger partial charge in [-0.05, 0) is 62.2 Å². The second-order valence-electron chi connectivity index (χ2n) is 7.88. The zero-order valence-electron chi connectivity index (χ0n) is 14.9. The van der Waals surface area contributed by atoms with Crippen molar-refractivity contribution in [2.45, 2.75) is 84.0 Å². The molecule has 2 rings (SSSR count). The van der Waals surface area contributed by atoms with Gasteiger partial charge in [-0.2, -0.15) is 0 Å². The van der Waals surface area contributed by atoms with Crippen LogP contribution in [0.2, 0.25) is 0 Å². The number of hydrogen-bond donors (Lipinski definition) is 0. The molecule has 22 heavy (non-hydrogen) atoms. The SMILES string of the molecule is C=CCOC[C@H]1CC[C@H](C2CCC(CCCCC)CC2)CC1. The van der Waals surface area contributed by atoms with E-state index >= 15 is 0 Å². The minimum Gasteiger partial charge on any atom is -0.377 e. The summed E-state index contributed by atoms with van der Waals surface area (Å²) in [4.78, 5) is 0. The van der Waals surface area contributed by atoms with Gasteiger partial charge in [-0.3, -0.25) is 0 Å². The third kappa shape index (κ3) is 6.07. The van der Waals surface area contributed by atoms with Gasteiger partial charge in [0.2, 0.25) is 0 Å². The Morgan fingerprint density at radius 3 is 2.00 bits per heavy atom. The maximum atomic E-state index is 5.65. The van der Waals surface area contributed by atoms with Crippen LogP contribution in [-0.2, 0) is 4.74 Å². The quantitative estimate of drug-likeness (QED) is 0.354. The van der Waals surface area contributed by atoms with Crippen LogP contribution < -0.4 is 0 Å². The monoisotopic (exact) mass is 306 g/mol. The molecule has 0 bridgehead atoms. The third-order valence-electron chi connectivity index (χ3n) is 6.25. The fraction of sp³-hybridized carbons (Fsp3) is 0.905. The second kappa shape index (κ2) is 10.5. The molecule has 0 aromatic rings. The van der Waals surface area contributed by atoms with Crippen LogP contribution in [0.25, 0.3) is 0 Å². The first-order valence-electron chi connectivity index (χ1n) is 10.0. The van der Waals surface area contributed by atoms with Crippen molar-refractivity contribution < 1.29 is 4.74 Å². The van der Waals surface area contributed by atoms with E-state index in [9.17, 15) is 0 Å². The molecule has 1 heteroatoms. The van der Waals surface area contributed by atoms with Crippen LogP contribution in [-0.4, -0.2) is 13.2 Å². The largest absolute Gasteiger partial charge is 0.377 e. The average Bonchev–Trinajstić information content (AvgIpc) is 2.57. The van der Waals surface area contributed by atoms with E-state index < -0.39 is 0 Å². The van der Waals surface area contributed by atoms with Crippen LogP contribution >= 0.6 is 0 Å². The lowest BCUT2D eigenvalue weighted by atomic mass is 9.69. The topological polar surface area (TPSA) is 9.23 Å². The van der Waals surface area contributed by atoms with Crippen molar-refractivity contribution in [1.82, 2.24) is 0 Å². The van der Waals surface area contributed by atoms with Gasteiger partial charge in [-0.1, -0.05) is 51.5 Å². The lowest BCUT2D eigenvalue weighted by Gasteiger charge is -2.38. The lowest BCUT2D eigenvalue weighted by molar-refractivity contribution is 0.0779. The molecule has 128 valence electrons. The molecule has 0 heterocycles. The van der Waals surface area contributed by atoms with Crippen LogP contribution in [0.1, 0.15) is 84.0 Å². The molecule has 0 aromatic heterocycles. The molecule has 0 unspecified atom stereocenters. The Morgan fingerprint density at radius 2 is 1.45 bits per heavy atom. The maximum absolute atomic E-state index is 5.65. The van der Waals surface area contributed by atoms with Gasteiger partial charge in [0.1, 0.15) is 0 Å². The predicted octanol–water partition coefficient (Wildman–Crippen LogP) is 6.38. The molecule has 0 radical (unpaired) electrons. The summed E-state index contributed by atoms with van der Waals surface area (Å²) < 4.78 is 5.65. The highest BCUT2D eigenvalue weighted by molar-refractivity contribution is 4.82. The predicted molar refractivity (Wildman–Crippen MR) is 96.1 cm³/mol. The minimum absolute atomic E-state index is 0.724. The molecule has 1 nitrogen and oxygen atoms in total. The van der Waals surface area contributed by atoms with Crippen molar-refractivity contribution in [1.29, 1.82) is 0 Å². The molecule has 0 spiro atoms. The van der Waals surface area contributed by atoms with Gasteiger partial charge in [0.25, 0.3) is 0 Å². The highest BCUT2D eigenvalue weighted by atomic mass is 16.5. The first-order chi connectivity index (χ1) is 10.8. The van der Waals surface area contributed by atoms with Gasteiger partial charge in [0, 0.05) is 6.61 Å². The second-order valence-corrected chi connectivity index (χ2v) is 7.88. The molecule has 0 aromatic carbocycles. The number of ether oxygens (including phenoxy) is 1. The Bertz CT molecular complexity index is 282. The molecule has 0 saturated heterocycles. The van der Waals surface area contributed by atoms with Gasteiger partial charge in [-0.25, -0.2) is 0 Å². The van der Waals surface area contributed by atoms with Crippen molar-refractivity contribution >= 4 is 0 Å². The number of unbranched alkanes of at least 4 members (excludes halogenated alkanes) is 2. The summed E-state index contributed by atoms with van der Waals surface area (Å²) in [6.45, 7) is 7.72. The van der Waals surface area contributed by atoms with Crippen molar-refractivity contribution in [3.63, 3.8) is 0 Å². The van der Waals surface area contributed by atoms with Crippen LogP contribution in [0.3, 0.4) is 0 Å².